The fourth-order valence-electron chi connectivity index (χ4n) is 2.45. The Hall–Kier alpha value is -3.76. The van der Waals surface area contributed by atoms with Crippen molar-refractivity contribution in [3.63, 3.8) is 0 Å². The van der Waals surface area contributed by atoms with Crippen molar-refractivity contribution in [3.8, 4) is 0 Å². The summed E-state index contributed by atoms with van der Waals surface area (Å²) in [4.78, 5) is 47.1. The summed E-state index contributed by atoms with van der Waals surface area (Å²) in [5, 5.41) is 18.0. The second-order valence-electron chi connectivity index (χ2n) is 6.05. The van der Waals surface area contributed by atoms with Crippen molar-refractivity contribution in [2.24, 2.45) is 0 Å². The molecule has 0 aliphatic carbocycles. The van der Waals surface area contributed by atoms with E-state index in [4.69, 9.17) is 16.3 Å². The third-order valence-corrected chi connectivity index (χ3v) is 4.99. The number of amides is 2. The minimum absolute atomic E-state index is 0.0683. The number of benzene rings is 2. The summed E-state index contributed by atoms with van der Waals surface area (Å²) in [5.74, 6) is -1.78. The lowest BCUT2D eigenvalue weighted by Crippen LogP contribution is -2.21. The number of carbonyl (C=O) groups is 3. The van der Waals surface area contributed by atoms with Crippen LogP contribution in [0.1, 0.15) is 20.0 Å². The molecule has 2 aromatic carbocycles. The summed E-state index contributed by atoms with van der Waals surface area (Å²) >= 11 is 7.03. The molecule has 1 heterocycles. The topological polar surface area (TPSA) is 128 Å². The molecule has 0 unspecified atom stereocenters. The first kappa shape index (κ1) is 21.9. The van der Waals surface area contributed by atoms with E-state index in [1.54, 1.807) is 17.5 Å². The van der Waals surface area contributed by atoms with Crippen LogP contribution in [0.25, 0.3) is 0 Å². The van der Waals surface area contributed by atoms with Crippen molar-refractivity contribution >= 4 is 57.8 Å². The Bertz CT molecular complexity index is 1130. The van der Waals surface area contributed by atoms with E-state index in [2.05, 4.69) is 10.6 Å². The largest absolute Gasteiger partial charge is 0.452 e. The molecule has 11 heteroatoms. The summed E-state index contributed by atoms with van der Waals surface area (Å²) in [6.07, 6.45) is 0. The number of esters is 1. The smallest absolute Gasteiger partial charge is 0.338 e. The van der Waals surface area contributed by atoms with Crippen molar-refractivity contribution in [3.05, 3.63) is 85.6 Å². The summed E-state index contributed by atoms with van der Waals surface area (Å²) < 4.78 is 4.93. The second kappa shape index (κ2) is 9.83. The summed E-state index contributed by atoms with van der Waals surface area (Å²) in [7, 11) is 0. The lowest BCUT2D eigenvalue weighted by molar-refractivity contribution is -0.383. The first-order valence-corrected chi connectivity index (χ1v) is 9.95. The van der Waals surface area contributed by atoms with Crippen molar-refractivity contribution in [1.29, 1.82) is 0 Å². The molecule has 31 heavy (non-hydrogen) atoms. The number of nitro groups is 1. The van der Waals surface area contributed by atoms with Gasteiger partial charge in [-0.3, -0.25) is 19.7 Å². The number of rotatable bonds is 7. The minimum Gasteiger partial charge on any atom is -0.452 e. The summed E-state index contributed by atoms with van der Waals surface area (Å²) in [6.45, 7) is -0.643. The Balaban J connectivity index is 1.54. The van der Waals surface area contributed by atoms with Gasteiger partial charge in [-0.15, -0.1) is 11.3 Å². The predicted octanol–water partition coefficient (Wildman–Crippen LogP) is 4.36. The highest BCUT2D eigenvalue weighted by Crippen LogP contribution is 2.27. The molecule has 0 saturated carbocycles. The lowest BCUT2D eigenvalue weighted by atomic mass is 10.2. The molecule has 0 aliphatic heterocycles. The fourth-order valence-corrected chi connectivity index (χ4v) is 3.24. The van der Waals surface area contributed by atoms with Gasteiger partial charge in [0.25, 0.3) is 17.5 Å². The van der Waals surface area contributed by atoms with Crippen LogP contribution in [-0.4, -0.2) is 29.3 Å². The maximum atomic E-state index is 12.1. The van der Waals surface area contributed by atoms with Crippen LogP contribution in [0.4, 0.5) is 17.1 Å². The van der Waals surface area contributed by atoms with Crippen LogP contribution in [0.5, 0.6) is 0 Å². The predicted molar refractivity (Wildman–Crippen MR) is 116 cm³/mol. The second-order valence-corrected chi connectivity index (χ2v) is 7.44. The normalized spacial score (nSPS) is 10.2. The first-order chi connectivity index (χ1) is 14.8. The Kier molecular flexibility index (Phi) is 6.96. The maximum absolute atomic E-state index is 12.1. The first-order valence-electron chi connectivity index (χ1n) is 8.69. The highest BCUT2D eigenvalue weighted by Gasteiger charge is 2.18. The van der Waals surface area contributed by atoms with Crippen molar-refractivity contribution in [2.75, 3.05) is 17.2 Å². The molecule has 0 aliphatic rings. The number of ether oxygens (including phenoxy) is 1. The van der Waals surface area contributed by atoms with E-state index in [-0.39, 0.29) is 27.9 Å². The molecule has 3 aromatic rings. The molecule has 0 radical (unpaired) electrons. The quantitative estimate of drug-likeness (QED) is 0.307. The fraction of sp³-hybridized carbons (Fsp3) is 0.0500. The lowest BCUT2D eigenvalue weighted by Gasteiger charge is -2.08. The number of thiophene rings is 1. The van der Waals surface area contributed by atoms with E-state index in [1.807, 2.05) is 0 Å². The molecule has 0 fully saturated rings. The number of nitrogens with one attached hydrogen (secondary N) is 2. The van der Waals surface area contributed by atoms with Crippen molar-refractivity contribution < 1.29 is 24.0 Å². The van der Waals surface area contributed by atoms with E-state index >= 15 is 0 Å². The van der Waals surface area contributed by atoms with Gasteiger partial charge >= 0.3 is 5.97 Å². The number of nitro benzene ring substituents is 1. The summed E-state index contributed by atoms with van der Waals surface area (Å²) in [5.41, 5.74) is 0.204. The Labute approximate surface area is 184 Å². The highest BCUT2D eigenvalue weighted by atomic mass is 35.5. The number of halogens is 1. The molecule has 2 N–H and O–H groups in total. The van der Waals surface area contributed by atoms with E-state index in [0.29, 0.717) is 10.6 Å². The van der Waals surface area contributed by atoms with Crippen LogP contribution in [0.15, 0.2) is 60.0 Å². The van der Waals surface area contributed by atoms with Crippen molar-refractivity contribution in [2.45, 2.75) is 0 Å². The average Bonchev–Trinajstić information content (AvgIpc) is 3.29. The number of hydrogen-bond acceptors (Lipinski definition) is 7. The third-order valence-electron chi connectivity index (χ3n) is 3.89. The molecular formula is C20H14ClN3O6S. The van der Waals surface area contributed by atoms with Gasteiger partial charge in [-0.1, -0.05) is 17.7 Å². The van der Waals surface area contributed by atoms with Gasteiger partial charge in [-0.05, 0) is 47.8 Å². The SMILES string of the molecule is O=C(COC(=O)c1ccc(NC(=O)c2cccs2)cc1)Nc1ccc(Cl)cc1[N+](=O)[O-]. The number of nitrogens with zero attached hydrogens (tertiary/aromatic N) is 1. The molecule has 9 nitrogen and oxygen atoms in total. The zero-order valence-electron chi connectivity index (χ0n) is 15.7. The molecule has 0 saturated heterocycles. The van der Waals surface area contributed by atoms with Crippen LogP contribution in [0.2, 0.25) is 5.02 Å². The van der Waals surface area contributed by atoms with Gasteiger partial charge < -0.3 is 15.4 Å². The summed E-state index contributed by atoms with van der Waals surface area (Å²) in [6, 6.07) is 13.1. The standard InChI is InChI=1S/C20H14ClN3O6S/c21-13-5-8-15(16(10-13)24(28)29)23-18(25)11-30-20(27)12-3-6-14(7-4-12)22-19(26)17-2-1-9-31-17/h1-10H,11H2,(H,22,26)(H,23,25). The molecule has 158 valence electrons. The van der Waals surface area contributed by atoms with E-state index < -0.39 is 23.4 Å². The van der Waals surface area contributed by atoms with Crippen LogP contribution in [-0.2, 0) is 9.53 Å². The highest BCUT2D eigenvalue weighted by molar-refractivity contribution is 7.12. The van der Waals surface area contributed by atoms with E-state index in [0.717, 1.165) is 6.07 Å². The van der Waals surface area contributed by atoms with E-state index in [9.17, 15) is 24.5 Å². The zero-order chi connectivity index (χ0) is 22.4. The van der Waals surface area contributed by atoms with Gasteiger partial charge in [-0.2, -0.15) is 0 Å². The van der Waals surface area contributed by atoms with Crippen LogP contribution in [0, 0.1) is 10.1 Å². The van der Waals surface area contributed by atoms with Crippen LogP contribution in [0.3, 0.4) is 0 Å². The van der Waals surface area contributed by atoms with Gasteiger partial charge in [0.05, 0.1) is 15.4 Å². The molecule has 0 atom stereocenters. The van der Waals surface area contributed by atoms with Crippen molar-refractivity contribution in [1.82, 2.24) is 0 Å². The van der Waals surface area contributed by atoms with E-state index in [1.165, 1.54) is 47.7 Å². The van der Waals surface area contributed by atoms with Gasteiger partial charge in [-0.25, -0.2) is 4.79 Å². The van der Waals surface area contributed by atoms with Gasteiger partial charge in [0.1, 0.15) is 5.69 Å². The van der Waals surface area contributed by atoms with Gasteiger partial charge in [0.15, 0.2) is 6.61 Å². The molecule has 1 aromatic heterocycles. The number of hydrogen-bond donors (Lipinski definition) is 2. The number of carbonyl (C=O) groups excluding carboxylic acids is 3. The molecular weight excluding hydrogens is 446 g/mol. The monoisotopic (exact) mass is 459 g/mol. The minimum atomic E-state index is -0.767. The van der Waals surface area contributed by atoms with Gasteiger partial charge in [0, 0.05) is 16.8 Å². The maximum Gasteiger partial charge on any atom is 0.338 e. The Morgan fingerprint density at radius 3 is 2.45 bits per heavy atom. The molecule has 3 rings (SSSR count). The Morgan fingerprint density at radius 1 is 1.06 bits per heavy atom. The van der Waals surface area contributed by atoms with Crippen LogP contribution < -0.4 is 10.6 Å². The Morgan fingerprint density at radius 2 is 1.81 bits per heavy atom. The molecule has 0 bridgehead atoms. The molecule has 2 amide bonds. The van der Waals surface area contributed by atoms with Gasteiger partial charge in [0.2, 0.25) is 0 Å². The average molecular weight is 460 g/mol. The van der Waals surface area contributed by atoms with Crippen LogP contribution >= 0.6 is 22.9 Å². The zero-order valence-corrected chi connectivity index (χ0v) is 17.2. The third kappa shape index (κ3) is 5.87. The molecule has 0 spiro atoms. The number of anilines is 2.